The van der Waals surface area contributed by atoms with Crippen molar-refractivity contribution in [1.29, 1.82) is 0 Å². The van der Waals surface area contributed by atoms with Crippen molar-refractivity contribution < 1.29 is 102 Å². The van der Waals surface area contributed by atoms with Crippen LogP contribution in [0.4, 0.5) is 0 Å². The number of rotatable bonds is 45. The summed E-state index contributed by atoms with van der Waals surface area (Å²) in [5.74, 6) is -19.8. The van der Waals surface area contributed by atoms with E-state index >= 15 is 4.79 Å². The van der Waals surface area contributed by atoms with Gasteiger partial charge in [-0.05, 0) is 74.1 Å². The molecule has 0 spiro atoms. The van der Waals surface area contributed by atoms with Crippen LogP contribution >= 0.6 is 25.3 Å². The summed E-state index contributed by atoms with van der Waals surface area (Å²) in [6.45, 7) is 2.53. The Hall–Kier alpha value is -11.8. The molecule has 0 fully saturated rings. The average Bonchev–Trinajstić information content (AvgIpc) is 1.74. The molecule has 2 heterocycles. The number of fused-ring (bicyclic) bond motifs is 2. The Morgan fingerprint density at radius 1 is 0.404 bits per heavy atom. The van der Waals surface area contributed by atoms with Crippen LogP contribution in [0.3, 0.4) is 0 Å². The Bertz CT molecular complexity index is 4150. The lowest BCUT2D eigenvalue weighted by Gasteiger charge is -2.29. The fourth-order valence-electron chi connectivity index (χ4n) is 11.0. The molecule has 0 aliphatic carbocycles. The molecule has 26 N–H and O–H groups in total. The van der Waals surface area contributed by atoms with E-state index in [0.29, 0.717) is 32.9 Å². The van der Waals surface area contributed by atoms with Gasteiger partial charge in [0.25, 0.3) is 0 Å². The predicted octanol–water partition coefficient (Wildman–Crippen LogP) is -6.77. The van der Waals surface area contributed by atoms with Gasteiger partial charge in [-0.15, -0.1) is 0 Å². The fourth-order valence-corrected chi connectivity index (χ4v) is 11.5. The zero-order chi connectivity index (χ0) is 80.9. The average molecular weight is 1560 g/mol. The van der Waals surface area contributed by atoms with E-state index in [-0.39, 0.29) is 23.5 Å². The van der Waals surface area contributed by atoms with E-state index in [1.54, 1.807) is 48.5 Å². The molecule has 5 aromatic rings. The van der Waals surface area contributed by atoms with Gasteiger partial charge < -0.3 is 117 Å². The van der Waals surface area contributed by atoms with Crippen LogP contribution < -0.4 is 86.7 Å². The number of carbonyl (C=O) groups excluding carboxylic acids is 16. The second-order valence-electron chi connectivity index (χ2n) is 25.4. The number of carboxylic acids is 1. The molecule has 109 heavy (non-hydrogen) atoms. The molecule has 0 bridgehead atoms. The van der Waals surface area contributed by atoms with Gasteiger partial charge in [0.05, 0.1) is 25.2 Å². The van der Waals surface area contributed by atoms with Gasteiger partial charge in [0, 0.05) is 91.2 Å². The van der Waals surface area contributed by atoms with E-state index in [1.807, 2.05) is 0 Å². The van der Waals surface area contributed by atoms with Crippen LogP contribution in [0.1, 0.15) is 82.4 Å². The van der Waals surface area contributed by atoms with Crippen LogP contribution in [-0.4, -0.2) is 228 Å². The molecule has 0 saturated carbocycles. The van der Waals surface area contributed by atoms with Crippen LogP contribution in [0.25, 0.3) is 21.8 Å². The summed E-state index contributed by atoms with van der Waals surface area (Å²) in [7, 11) is 0. The highest BCUT2D eigenvalue weighted by molar-refractivity contribution is 7.80. The van der Waals surface area contributed by atoms with Gasteiger partial charge in [-0.1, -0.05) is 48.5 Å². The molecular weight excluding hydrogens is 1470 g/mol. The quantitative estimate of drug-likeness (QED) is 0.0161. The molecule has 39 nitrogen and oxygen atoms in total. The number of phenols is 1. The number of aromatic nitrogens is 2. The van der Waals surface area contributed by atoms with Gasteiger partial charge in [-0.3, -0.25) is 81.5 Å². The fraction of sp³-hybridized carbons (Fsp3) is 0.426. The molecule has 0 radical (unpaired) electrons. The molecule has 2 aromatic heterocycles. The number of nitrogens with one attached hydrogen (secondary N) is 14. The number of aliphatic carboxylic acids is 1. The molecule has 13 atom stereocenters. The lowest BCUT2D eigenvalue weighted by molar-refractivity contribution is -0.139. The number of H-pyrrole nitrogens is 2. The standard InChI is InChI=1S/C68H90N18O21S2/c1-31(87)56(67(106)79-44(18-21-55(95)96)59(98)82-48(25-53(71)93)58(97)75-28-54(72)94)86-64(103)47(24-36-27-74-41-11-7-5-9-39(36)41)81-62(101)45(22-34-12-14-37(90)15-13-34)80-66(105)50(30-109)84-60(99)42(16-19-51(69)91)77-63(102)46(23-35-26-73-40-10-6-4-8-38(35)40)83-68(107)57(32(2)88)85-61(100)43(17-20-52(70)92)78-65(104)49(29-108)76-33(3)89/h4-15,26-27,31-32,42-50,56-57,73-74,87-88,90,108-109H,16-25,28-30H2,1-3H3,(H2,69,91)(H2,70,92)(H2,71,93)(H2,72,94)(H,75,97)(H,76,89)(H,77,102)(H,78,104)(H,79,106)(H,80,105)(H,81,101)(H,82,98)(H,83,107)(H,84,99)(H,85,100)(H,86,103)(H,95,96)/t31-,32-,42+,43+,44+,45+,46+,47+,48+,49+,50+,56+,57+/m1/s1. The molecule has 41 heteroatoms. The number of para-hydroxylation sites is 2. The second kappa shape index (κ2) is 42.5. The minimum atomic E-state index is -2.04. The third-order valence-corrected chi connectivity index (χ3v) is 17.4. The molecule has 590 valence electrons. The number of amides is 16. The predicted molar refractivity (Wildman–Crippen MR) is 394 cm³/mol. The number of aromatic amines is 2. The summed E-state index contributed by atoms with van der Waals surface area (Å²) >= 11 is 8.40. The molecule has 16 amide bonds. The van der Waals surface area contributed by atoms with Crippen LogP contribution in [0.2, 0.25) is 0 Å². The van der Waals surface area contributed by atoms with Crippen LogP contribution in [0.15, 0.2) is 85.2 Å². The summed E-state index contributed by atoms with van der Waals surface area (Å²) in [4.78, 5) is 234. The third-order valence-electron chi connectivity index (χ3n) is 16.7. The molecule has 0 aliphatic rings. The number of aliphatic hydroxyl groups excluding tert-OH is 2. The van der Waals surface area contributed by atoms with Crippen molar-refractivity contribution in [3.8, 4) is 5.75 Å². The van der Waals surface area contributed by atoms with Crippen LogP contribution in [-0.2, 0) is 101 Å². The van der Waals surface area contributed by atoms with Crippen molar-refractivity contribution in [3.63, 3.8) is 0 Å². The molecule has 5 rings (SSSR count). The van der Waals surface area contributed by atoms with E-state index < -0.39 is 249 Å². The highest BCUT2D eigenvalue weighted by Crippen LogP contribution is 2.22. The number of aromatic hydroxyl groups is 1. The first-order valence-electron chi connectivity index (χ1n) is 33.9. The van der Waals surface area contributed by atoms with Gasteiger partial charge in [0.2, 0.25) is 94.5 Å². The smallest absolute Gasteiger partial charge is 0.303 e. The molecule has 0 aliphatic heterocycles. The first-order chi connectivity index (χ1) is 51.5. The van der Waals surface area contributed by atoms with E-state index in [0.717, 1.165) is 20.8 Å². The SMILES string of the molecule is CC(=O)N[C@@H](CS)C(=O)N[C@@H](CCC(N)=O)C(=O)N[C@H](C(=O)N[C@@H](Cc1c[nH]c2ccccc12)C(=O)N[C@@H](CCC(N)=O)C(=O)N[C@@H](CS)C(=O)N[C@@H](Cc1ccc(O)cc1)C(=O)N[C@@H](Cc1c[nH]c2ccccc12)C(=O)N[C@H](C(=O)N[C@@H](CCC(=O)O)C(=O)N[C@@H](CC(N)=O)C(=O)NCC(N)=O)[C@@H](C)O)[C@@H](C)O. The van der Waals surface area contributed by atoms with Crippen molar-refractivity contribution >= 4 is 148 Å². The minimum Gasteiger partial charge on any atom is -0.508 e. The zero-order valence-corrected chi connectivity index (χ0v) is 61.0. The van der Waals surface area contributed by atoms with Crippen molar-refractivity contribution in [2.45, 2.75) is 164 Å². The Morgan fingerprint density at radius 3 is 1.16 bits per heavy atom. The Morgan fingerprint density at radius 2 is 0.752 bits per heavy atom. The van der Waals surface area contributed by atoms with Gasteiger partial charge in [-0.25, -0.2) is 0 Å². The normalized spacial score (nSPS) is 14.7. The van der Waals surface area contributed by atoms with E-state index in [1.165, 1.54) is 36.7 Å². The molecule has 0 unspecified atom stereocenters. The lowest BCUT2D eigenvalue weighted by Crippen LogP contribution is -2.63. The van der Waals surface area contributed by atoms with Crippen molar-refractivity contribution in [3.05, 3.63) is 102 Å². The highest BCUT2D eigenvalue weighted by atomic mass is 32.1. The summed E-state index contributed by atoms with van der Waals surface area (Å²) in [6.07, 6.45) is -6.20. The van der Waals surface area contributed by atoms with Gasteiger partial charge in [-0.2, -0.15) is 25.3 Å². The maximum Gasteiger partial charge on any atom is 0.303 e. The molecule has 3 aromatic carbocycles. The van der Waals surface area contributed by atoms with Gasteiger partial charge in [0.1, 0.15) is 72.2 Å². The largest absolute Gasteiger partial charge is 0.508 e. The molecular formula is C68H90N18O21S2. The van der Waals surface area contributed by atoms with Crippen LogP contribution in [0.5, 0.6) is 5.75 Å². The highest BCUT2D eigenvalue weighted by Gasteiger charge is 2.39. The monoisotopic (exact) mass is 1560 g/mol. The number of thiol groups is 2. The number of hydrogen-bond acceptors (Lipinski definition) is 22. The number of primary amides is 4. The zero-order valence-electron chi connectivity index (χ0n) is 59.2. The maximum absolute atomic E-state index is 15.0. The number of phenolic OH excluding ortho intramolecular Hbond substituents is 1. The maximum atomic E-state index is 15.0. The number of carbonyl (C=O) groups is 17. The Balaban J connectivity index is 1.46. The van der Waals surface area contributed by atoms with Crippen LogP contribution in [0, 0.1) is 0 Å². The van der Waals surface area contributed by atoms with Gasteiger partial charge in [0.15, 0.2) is 0 Å². The van der Waals surface area contributed by atoms with Crippen molar-refractivity contribution in [1.82, 2.24) is 73.8 Å². The first kappa shape index (κ1) is 87.8. The number of carboxylic acid groups (broad SMARTS) is 1. The summed E-state index contributed by atoms with van der Waals surface area (Å²) in [5, 5.41) is 71.4. The van der Waals surface area contributed by atoms with E-state index in [2.05, 4.69) is 99.0 Å². The molecule has 0 saturated heterocycles. The number of nitrogens with two attached hydrogens (primary N) is 4. The van der Waals surface area contributed by atoms with E-state index in [9.17, 15) is 97.1 Å². The Kier molecular flexibility index (Phi) is 34.2. The first-order valence-corrected chi connectivity index (χ1v) is 35.1. The summed E-state index contributed by atoms with van der Waals surface area (Å²) in [5.41, 5.74) is 23.5. The number of benzene rings is 3. The lowest BCUT2D eigenvalue weighted by atomic mass is 10.0. The minimum absolute atomic E-state index is 0.209. The topological polar surface area (TPSA) is 651 Å². The number of hydrogen-bond donors (Lipinski definition) is 24. The summed E-state index contributed by atoms with van der Waals surface area (Å²) in [6, 6.07) is -0.539. The van der Waals surface area contributed by atoms with Crippen molar-refractivity contribution in [2.75, 3.05) is 18.1 Å². The van der Waals surface area contributed by atoms with Gasteiger partial charge >= 0.3 is 5.97 Å². The van der Waals surface area contributed by atoms with E-state index in [4.69, 9.17) is 22.9 Å². The van der Waals surface area contributed by atoms with Crippen molar-refractivity contribution in [2.24, 2.45) is 22.9 Å². The third kappa shape index (κ3) is 28.1. The Labute approximate surface area is 632 Å². The second-order valence-corrected chi connectivity index (χ2v) is 26.1. The summed E-state index contributed by atoms with van der Waals surface area (Å²) < 4.78 is 0. The number of aliphatic hydroxyl groups is 2.